The van der Waals surface area contributed by atoms with Crippen molar-refractivity contribution in [3.8, 4) is 0 Å². The first-order chi connectivity index (χ1) is 5.55. The van der Waals surface area contributed by atoms with Gasteiger partial charge < -0.3 is 10.8 Å². The van der Waals surface area contributed by atoms with Crippen LogP contribution < -0.4 is 5.73 Å². The Morgan fingerprint density at radius 3 is 2.33 bits per heavy atom. The number of benzene rings is 1. The molecule has 12 heavy (non-hydrogen) atoms. The van der Waals surface area contributed by atoms with E-state index in [-0.39, 0.29) is 5.84 Å². The Morgan fingerprint density at radius 2 is 1.92 bits per heavy atom. The zero-order valence-corrected chi connectivity index (χ0v) is 6.91. The normalized spacial score (nSPS) is 15.2. The largest absolute Gasteiger partial charge is 0.385 e. The maximum atomic E-state index is 9.71. The zero-order chi connectivity index (χ0) is 9.19. The number of nitrogens with two attached hydrogens (primary N) is 1. The lowest BCUT2D eigenvalue weighted by atomic mass is 9.95. The Balaban J connectivity index is 3.06. The molecule has 0 saturated heterocycles. The minimum atomic E-state index is -1.35. The van der Waals surface area contributed by atoms with Crippen LogP contribution in [0.5, 0.6) is 0 Å². The predicted octanol–water partition coefficient (Wildman–Crippen LogP) is 0.830. The van der Waals surface area contributed by atoms with Crippen LogP contribution in [0.2, 0.25) is 0 Å². The van der Waals surface area contributed by atoms with Gasteiger partial charge >= 0.3 is 0 Å². The molecular formula is C9H12N2O. The van der Waals surface area contributed by atoms with E-state index in [9.17, 15) is 5.11 Å². The molecule has 0 aliphatic rings. The van der Waals surface area contributed by atoms with Gasteiger partial charge in [-0.05, 0) is 12.5 Å². The molecule has 0 spiro atoms. The topological polar surface area (TPSA) is 70.1 Å². The molecule has 1 rings (SSSR count). The van der Waals surface area contributed by atoms with Gasteiger partial charge in [-0.15, -0.1) is 0 Å². The van der Waals surface area contributed by atoms with E-state index < -0.39 is 5.60 Å². The van der Waals surface area contributed by atoms with Crippen LogP contribution in [0, 0.1) is 5.41 Å². The number of hydrogen-bond donors (Lipinski definition) is 3. The van der Waals surface area contributed by atoms with Crippen molar-refractivity contribution in [3.05, 3.63) is 35.9 Å². The van der Waals surface area contributed by atoms with Crippen molar-refractivity contribution in [1.29, 1.82) is 5.41 Å². The van der Waals surface area contributed by atoms with Crippen LogP contribution in [0.15, 0.2) is 30.3 Å². The molecule has 3 heteroatoms. The summed E-state index contributed by atoms with van der Waals surface area (Å²) in [5.74, 6) is -0.242. The lowest BCUT2D eigenvalue weighted by Gasteiger charge is -2.21. The maximum Gasteiger partial charge on any atom is 0.143 e. The van der Waals surface area contributed by atoms with Crippen molar-refractivity contribution < 1.29 is 5.11 Å². The third-order valence-electron chi connectivity index (χ3n) is 1.86. The second-order valence-electron chi connectivity index (χ2n) is 2.85. The highest BCUT2D eigenvalue weighted by molar-refractivity contribution is 5.86. The molecular weight excluding hydrogens is 152 g/mol. The standard InChI is InChI=1S/C9H12N2O/c1-9(12,8(10)11)7-5-3-2-4-6-7/h2-6,12H,1H3,(H3,10,11)/t9-/m0/s1. The van der Waals surface area contributed by atoms with E-state index in [0.717, 1.165) is 0 Å². The number of amidine groups is 1. The van der Waals surface area contributed by atoms with E-state index in [4.69, 9.17) is 11.1 Å². The molecule has 0 saturated carbocycles. The van der Waals surface area contributed by atoms with Gasteiger partial charge in [-0.1, -0.05) is 30.3 Å². The van der Waals surface area contributed by atoms with Crippen molar-refractivity contribution in [1.82, 2.24) is 0 Å². The molecule has 1 aromatic rings. The number of hydrogen-bond acceptors (Lipinski definition) is 2. The Morgan fingerprint density at radius 1 is 1.42 bits per heavy atom. The monoisotopic (exact) mass is 164 g/mol. The van der Waals surface area contributed by atoms with Crippen LogP contribution in [0.1, 0.15) is 12.5 Å². The van der Waals surface area contributed by atoms with Crippen molar-refractivity contribution >= 4 is 5.84 Å². The summed E-state index contributed by atoms with van der Waals surface area (Å²) in [5, 5.41) is 16.9. The third-order valence-corrected chi connectivity index (χ3v) is 1.86. The average molecular weight is 164 g/mol. The summed E-state index contributed by atoms with van der Waals surface area (Å²) in [4.78, 5) is 0. The number of nitrogens with one attached hydrogen (secondary N) is 1. The average Bonchev–Trinajstić information content (AvgIpc) is 2.06. The fourth-order valence-corrected chi connectivity index (χ4v) is 0.918. The third kappa shape index (κ3) is 1.46. The predicted molar refractivity (Wildman–Crippen MR) is 47.9 cm³/mol. The van der Waals surface area contributed by atoms with E-state index in [0.29, 0.717) is 5.56 Å². The molecule has 0 bridgehead atoms. The summed E-state index contributed by atoms with van der Waals surface area (Å²) < 4.78 is 0. The van der Waals surface area contributed by atoms with Gasteiger partial charge in [-0.25, -0.2) is 0 Å². The molecule has 0 unspecified atom stereocenters. The fourth-order valence-electron chi connectivity index (χ4n) is 0.918. The Hall–Kier alpha value is -1.35. The summed E-state index contributed by atoms with van der Waals surface area (Å²) in [5.41, 5.74) is 4.53. The van der Waals surface area contributed by atoms with Gasteiger partial charge in [0.05, 0.1) is 0 Å². The van der Waals surface area contributed by atoms with Gasteiger partial charge in [0.15, 0.2) is 0 Å². The molecule has 0 aliphatic heterocycles. The van der Waals surface area contributed by atoms with E-state index in [1.165, 1.54) is 6.92 Å². The van der Waals surface area contributed by atoms with Crippen LogP contribution in [0.3, 0.4) is 0 Å². The first-order valence-corrected chi connectivity index (χ1v) is 3.67. The van der Waals surface area contributed by atoms with Crippen LogP contribution in [-0.4, -0.2) is 10.9 Å². The molecule has 0 amide bonds. The molecule has 1 atom stereocenters. The first kappa shape index (κ1) is 8.74. The highest BCUT2D eigenvalue weighted by atomic mass is 16.3. The van der Waals surface area contributed by atoms with E-state index in [1.54, 1.807) is 24.3 Å². The second kappa shape index (κ2) is 2.95. The van der Waals surface area contributed by atoms with Crippen LogP contribution in [-0.2, 0) is 5.60 Å². The quantitative estimate of drug-likeness (QED) is 0.447. The van der Waals surface area contributed by atoms with Crippen LogP contribution in [0.4, 0.5) is 0 Å². The SMILES string of the molecule is C[C@@](O)(C(=N)N)c1ccccc1. The van der Waals surface area contributed by atoms with E-state index in [1.807, 2.05) is 6.07 Å². The van der Waals surface area contributed by atoms with Gasteiger partial charge in [0.25, 0.3) is 0 Å². The minimum absolute atomic E-state index is 0.242. The second-order valence-corrected chi connectivity index (χ2v) is 2.85. The van der Waals surface area contributed by atoms with Crippen LogP contribution >= 0.6 is 0 Å². The Bertz CT molecular complexity index is 280. The Kier molecular flexibility index (Phi) is 2.15. The lowest BCUT2D eigenvalue weighted by molar-refractivity contribution is 0.130. The Labute approximate surface area is 71.3 Å². The minimum Gasteiger partial charge on any atom is -0.385 e. The molecule has 4 N–H and O–H groups in total. The lowest BCUT2D eigenvalue weighted by Crippen LogP contribution is -2.37. The zero-order valence-electron chi connectivity index (χ0n) is 6.91. The van der Waals surface area contributed by atoms with Gasteiger partial charge in [-0.2, -0.15) is 0 Å². The van der Waals surface area contributed by atoms with Gasteiger partial charge in [0.2, 0.25) is 0 Å². The van der Waals surface area contributed by atoms with E-state index >= 15 is 0 Å². The number of aliphatic hydroxyl groups is 1. The highest BCUT2D eigenvalue weighted by Crippen LogP contribution is 2.18. The summed E-state index contributed by atoms with van der Waals surface area (Å²) >= 11 is 0. The van der Waals surface area contributed by atoms with Crippen molar-refractivity contribution in [2.24, 2.45) is 5.73 Å². The van der Waals surface area contributed by atoms with Gasteiger partial charge in [0, 0.05) is 0 Å². The van der Waals surface area contributed by atoms with Crippen molar-refractivity contribution in [3.63, 3.8) is 0 Å². The molecule has 0 heterocycles. The summed E-state index contributed by atoms with van der Waals surface area (Å²) in [6.07, 6.45) is 0. The molecule has 1 aromatic carbocycles. The molecule has 0 aliphatic carbocycles. The smallest absolute Gasteiger partial charge is 0.143 e. The van der Waals surface area contributed by atoms with Crippen molar-refractivity contribution in [2.45, 2.75) is 12.5 Å². The molecule has 0 radical (unpaired) electrons. The molecule has 3 nitrogen and oxygen atoms in total. The molecule has 64 valence electrons. The van der Waals surface area contributed by atoms with E-state index in [2.05, 4.69) is 0 Å². The molecule has 0 aromatic heterocycles. The van der Waals surface area contributed by atoms with Crippen molar-refractivity contribution in [2.75, 3.05) is 0 Å². The highest BCUT2D eigenvalue weighted by Gasteiger charge is 2.25. The summed E-state index contributed by atoms with van der Waals surface area (Å²) in [6, 6.07) is 8.92. The molecule has 0 fully saturated rings. The fraction of sp³-hybridized carbons (Fsp3) is 0.222. The first-order valence-electron chi connectivity index (χ1n) is 3.67. The summed E-state index contributed by atoms with van der Waals surface area (Å²) in [7, 11) is 0. The summed E-state index contributed by atoms with van der Waals surface area (Å²) in [6.45, 7) is 1.50. The number of rotatable bonds is 2. The van der Waals surface area contributed by atoms with Crippen LogP contribution in [0.25, 0.3) is 0 Å². The van der Waals surface area contributed by atoms with Gasteiger partial charge in [-0.3, -0.25) is 5.41 Å². The van der Waals surface area contributed by atoms with Gasteiger partial charge in [0.1, 0.15) is 11.4 Å². The maximum absolute atomic E-state index is 9.71.